The first kappa shape index (κ1) is 16.0. The molecule has 0 amide bonds. The SMILES string of the molecule is CCSCC(C)NCC(O)COCc1cccs1. The Bertz CT molecular complexity index is 293. The molecule has 0 aliphatic carbocycles. The van der Waals surface area contributed by atoms with E-state index in [-0.39, 0.29) is 0 Å². The molecule has 104 valence electrons. The number of thioether (sulfide) groups is 1. The molecule has 1 aromatic heterocycles. The number of aliphatic hydroxyl groups excluding tert-OH is 1. The maximum absolute atomic E-state index is 9.76. The fourth-order valence-electron chi connectivity index (χ4n) is 1.44. The zero-order valence-electron chi connectivity index (χ0n) is 11.1. The largest absolute Gasteiger partial charge is 0.389 e. The third kappa shape index (κ3) is 7.38. The monoisotopic (exact) mass is 289 g/mol. The van der Waals surface area contributed by atoms with Gasteiger partial charge in [0.25, 0.3) is 0 Å². The van der Waals surface area contributed by atoms with Crippen LogP contribution in [0.3, 0.4) is 0 Å². The fraction of sp³-hybridized carbons (Fsp3) is 0.692. The van der Waals surface area contributed by atoms with Crippen LogP contribution < -0.4 is 5.32 Å². The van der Waals surface area contributed by atoms with Gasteiger partial charge in [-0.3, -0.25) is 0 Å². The summed E-state index contributed by atoms with van der Waals surface area (Å²) in [4.78, 5) is 1.20. The van der Waals surface area contributed by atoms with Gasteiger partial charge >= 0.3 is 0 Å². The van der Waals surface area contributed by atoms with Crippen LogP contribution in [0.15, 0.2) is 17.5 Å². The lowest BCUT2D eigenvalue weighted by Gasteiger charge is -2.16. The van der Waals surface area contributed by atoms with Crippen molar-refractivity contribution in [2.75, 3.05) is 24.7 Å². The van der Waals surface area contributed by atoms with Crippen LogP contribution in [-0.4, -0.2) is 41.9 Å². The molecule has 0 radical (unpaired) electrons. The molecule has 2 atom stereocenters. The summed E-state index contributed by atoms with van der Waals surface area (Å²) in [6.45, 7) is 5.87. The van der Waals surface area contributed by atoms with Crippen molar-refractivity contribution in [3.63, 3.8) is 0 Å². The van der Waals surface area contributed by atoms with E-state index in [1.165, 1.54) is 4.88 Å². The molecule has 0 fully saturated rings. The quantitative estimate of drug-likeness (QED) is 0.694. The molecule has 1 rings (SSSR count). The second kappa shape index (κ2) is 9.81. The summed E-state index contributed by atoms with van der Waals surface area (Å²) in [5, 5.41) is 15.1. The van der Waals surface area contributed by atoms with Crippen LogP contribution in [0, 0.1) is 0 Å². The van der Waals surface area contributed by atoms with Gasteiger partial charge < -0.3 is 15.2 Å². The molecular weight excluding hydrogens is 266 g/mol. The predicted molar refractivity (Wildman–Crippen MR) is 80.4 cm³/mol. The zero-order chi connectivity index (χ0) is 13.2. The second-order valence-corrected chi connectivity index (χ2v) is 6.57. The van der Waals surface area contributed by atoms with Gasteiger partial charge in [0.15, 0.2) is 0 Å². The molecule has 0 spiro atoms. The fourth-order valence-corrected chi connectivity index (χ4v) is 2.79. The van der Waals surface area contributed by atoms with Crippen molar-refractivity contribution in [1.29, 1.82) is 0 Å². The van der Waals surface area contributed by atoms with Crippen LogP contribution in [0.4, 0.5) is 0 Å². The maximum atomic E-state index is 9.76. The molecule has 2 unspecified atom stereocenters. The number of hydrogen-bond acceptors (Lipinski definition) is 5. The Morgan fingerprint density at radius 3 is 3.06 bits per heavy atom. The molecule has 2 N–H and O–H groups in total. The number of rotatable bonds is 10. The third-order valence-corrected chi connectivity index (χ3v) is 4.40. The molecule has 3 nitrogen and oxygen atoms in total. The van der Waals surface area contributed by atoms with E-state index in [1.54, 1.807) is 11.3 Å². The summed E-state index contributed by atoms with van der Waals surface area (Å²) >= 11 is 3.59. The standard InChI is InChI=1S/C13H23NO2S2/c1-3-17-10-11(2)14-7-12(15)8-16-9-13-5-4-6-18-13/h4-6,11-12,14-15H,3,7-10H2,1-2H3. The van der Waals surface area contributed by atoms with Gasteiger partial charge in [-0.05, 0) is 24.1 Å². The van der Waals surface area contributed by atoms with Crippen molar-refractivity contribution in [2.24, 2.45) is 0 Å². The van der Waals surface area contributed by atoms with Crippen LogP contribution >= 0.6 is 23.1 Å². The first-order chi connectivity index (χ1) is 8.72. The van der Waals surface area contributed by atoms with Crippen molar-refractivity contribution >= 4 is 23.1 Å². The lowest BCUT2D eigenvalue weighted by atomic mass is 10.3. The van der Waals surface area contributed by atoms with Gasteiger partial charge in [-0.1, -0.05) is 13.0 Å². The maximum Gasteiger partial charge on any atom is 0.0897 e. The molecule has 0 bridgehead atoms. The van der Waals surface area contributed by atoms with E-state index in [4.69, 9.17) is 4.74 Å². The van der Waals surface area contributed by atoms with Gasteiger partial charge in [-0.15, -0.1) is 11.3 Å². The molecule has 0 aromatic carbocycles. The average molecular weight is 289 g/mol. The van der Waals surface area contributed by atoms with Crippen LogP contribution in [0.2, 0.25) is 0 Å². The highest BCUT2D eigenvalue weighted by Gasteiger charge is 2.07. The van der Waals surface area contributed by atoms with Crippen LogP contribution in [0.5, 0.6) is 0 Å². The minimum Gasteiger partial charge on any atom is -0.389 e. The summed E-state index contributed by atoms with van der Waals surface area (Å²) < 4.78 is 5.47. The van der Waals surface area contributed by atoms with Crippen molar-refractivity contribution in [3.05, 3.63) is 22.4 Å². The smallest absolute Gasteiger partial charge is 0.0897 e. The Morgan fingerprint density at radius 1 is 1.56 bits per heavy atom. The van der Waals surface area contributed by atoms with Gasteiger partial charge in [0, 0.05) is 23.2 Å². The van der Waals surface area contributed by atoms with E-state index in [2.05, 4.69) is 19.2 Å². The van der Waals surface area contributed by atoms with Gasteiger partial charge in [-0.25, -0.2) is 0 Å². The van der Waals surface area contributed by atoms with Crippen LogP contribution in [0.25, 0.3) is 0 Å². The van der Waals surface area contributed by atoms with Crippen LogP contribution in [-0.2, 0) is 11.3 Å². The molecule has 1 aromatic rings. The number of aliphatic hydroxyl groups is 1. The molecule has 0 saturated heterocycles. The second-order valence-electron chi connectivity index (χ2n) is 4.22. The molecular formula is C13H23NO2S2. The summed E-state index contributed by atoms with van der Waals surface area (Å²) in [7, 11) is 0. The molecule has 1 heterocycles. The van der Waals surface area contributed by atoms with E-state index in [9.17, 15) is 5.11 Å². The first-order valence-corrected chi connectivity index (χ1v) is 8.35. The molecule has 0 aliphatic rings. The molecule has 0 saturated carbocycles. The number of ether oxygens (including phenoxy) is 1. The van der Waals surface area contributed by atoms with E-state index in [0.717, 1.165) is 11.5 Å². The first-order valence-electron chi connectivity index (χ1n) is 6.31. The Labute approximate surface area is 118 Å². The molecule has 5 heteroatoms. The summed E-state index contributed by atoms with van der Waals surface area (Å²) in [6.07, 6.45) is -0.431. The minimum atomic E-state index is -0.431. The van der Waals surface area contributed by atoms with E-state index in [0.29, 0.717) is 25.8 Å². The van der Waals surface area contributed by atoms with E-state index >= 15 is 0 Å². The Morgan fingerprint density at radius 2 is 2.39 bits per heavy atom. The van der Waals surface area contributed by atoms with Crippen molar-refractivity contribution in [1.82, 2.24) is 5.32 Å². The normalized spacial score (nSPS) is 14.6. The highest BCUT2D eigenvalue weighted by molar-refractivity contribution is 7.99. The lowest BCUT2D eigenvalue weighted by Crippen LogP contribution is -2.37. The van der Waals surface area contributed by atoms with Gasteiger partial charge in [0.1, 0.15) is 0 Å². The lowest BCUT2D eigenvalue weighted by molar-refractivity contribution is 0.0291. The van der Waals surface area contributed by atoms with Crippen molar-refractivity contribution in [3.8, 4) is 0 Å². The molecule has 18 heavy (non-hydrogen) atoms. The van der Waals surface area contributed by atoms with Crippen molar-refractivity contribution < 1.29 is 9.84 Å². The van der Waals surface area contributed by atoms with Crippen LogP contribution in [0.1, 0.15) is 18.7 Å². The number of hydrogen-bond donors (Lipinski definition) is 2. The third-order valence-electron chi connectivity index (χ3n) is 2.41. The van der Waals surface area contributed by atoms with Gasteiger partial charge in [-0.2, -0.15) is 11.8 Å². The van der Waals surface area contributed by atoms with E-state index in [1.807, 2.05) is 29.3 Å². The summed E-state index contributed by atoms with van der Waals surface area (Å²) in [6, 6.07) is 4.48. The molecule has 0 aliphatic heterocycles. The van der Waals surface area contributed by atoms with Gasteiger partial charge in [0.2, 0.25) is 0 Å². The van der Waals surface area contributed by atoms with Gasteiger partial charge in [0.05, 0.1) is 19.3 Å². The highest BCUT2D eigenvalue weighted by atomic mass is 32.2. The Balaban J connectivity index is 2.01. The highest BCUT2D eigenvalue weighted by Crippen LogP contribution is 2.09. The summed E-state index contributed by atoms with van der Waals surface area (Å²) in [5.74, 6) is 2.22. The van der Waals surface area contributed by atoms with E-state index < -0.39 is 6.10 Å². The predicted octanol–water partition coefficient (Wildman–Crippen LogP) is 2.36. The average Bonchev–Trinajstić information content (AvgIpc) is 2.87. The minimum absolute atomic E-state index is 0.387. The Kier molecular flexibility index (Phi) is 8.71. The topological polar surface area (TPSA) is 41.5 Å². The number of nitrogens with one attached hydrogen (secondary N) is 1. The number of thiophene rings is 1. The Hall–Kier alpha value is -0.0700. The van der Waals surface area contributed by atoms with Crippen molar-refractivity contribution in [2.45, 2.75) is 32.6 Å². The summed E-state index contributed by atoms with van der Waals surface area (Å²) in [5.41, 5.74) is 0. The zero-order valence-corrected chi connectivity index (χ0v) is 12.7.